The fourth-order valence-electron chi connectivity index (χ4n) is 2.91. The number of halogens is 4. The van der Waals surface area contributed by atoms with Crippen LogP contribution in [0.1, 0.15) is 18.4 Å². The minimum Gasteiger partial charge on any atom is -0.493 e. The Bertz CT molecular complexity index is 1090. The van der Waals surface area contributed by atoms with E-state index < -0.39 is 22.7 Å². The highest BCUT2D eigenvalue weighted by Gasteiger charge is 2.33. The van der Waals surface area contributed by atoms with E-state index in [9.17, 15) is 18.0 Å². The number of carbonyl (C=O) groups excluding carboxylic acids is 1. The molecule has 1 aromatic heterocycles. The second kappa shape index (κ2) is 10.0. The van der Waals surface area contributed by atoms with Crippen molar-refractivity contribution in [1.29, 1.82) is 0 Å². The summed E-state index contributed by atoms with van der Waals surface area (Å²) in [7, 11) is 1.64. The molecule has 0 atom stereocenters. The van der Waals surface area contributed by atoms with Gasteiger partial charge in [-0.15, -0.1) is 0 Å². The molecule has 0 unspecified atom stereocenters. The van der Waals surface area contributed by atoms with Crippen molar-refractivity contribution in [2.24, 2.45) is 0 Å². The maximum atomic E-state index is 13.0. The third-order valence-electron chi connectivity index (χ3n) is 4.27. The Morgan fingerprint density at radius 1 is 1.25 bits per heavy atom. The van der Waals surface area contributed by atoms with Crippen LogP contribution < -0.4 is 10.1 Å². The van der Waals surface area contributed by atoms with Crippen molar-refractivity contribution in [2.75, 3.05) is 25.5 Å². The van der Waals surface area contributed by atoms with E-state index in [0.29, 0.717) is 23.7 Å². The average Bonchev–Trinajstić information content (AvgIpc) is 3.17. The summed E-state index contributed by atoms with van der Waals surface area (Å²) in [6, 6.07) is 10.4. The van der Waals surface area contributed by atoms with E-state index >= 15 is 0 Å². The lowest BCUT2D eigenvalue weighted by atomic mass is 10.2. The number of aromatic nitrogens is 2. The molecule has 0 aliphatic carbocycles. The number of anilines is 1. The number of carbonyl (C=O) groups is 1. The summed E-state index contributed by atoms with van der Waals surface area (Å²) in [6.45, 7) is 2.40. The van der Waals surface area contributed by atoms with Gasteiger partial charge in [-0.25, -0.2) is 0 Å². The molecule has 3 aromatic rings. The number of para-hydroxylation sites is 1. The van der Waals surface area contributed by atoms with E-state index in [0.717, 1.165) is 12.1 Å². The van der Waals surface area contributed by atoms with Crippen LogP contribution >= 0.6 is 11.6 Å². The lowest BCUT2D eigenvalue weighted by molar-refractivity contribution is -0.137. The summed E-state index contributed by atoms with van der Waals surface area (Å²) in [4.78, 5) is 18.2. The zero-order chi connectivity index (χ0) is 23.3. The maximum absolute atomic E-state index is 13.0. The van der Waals surface area contributed by atoms with Crippen molar-refractivity contribution in [3.63, 3.8) is 0 Å². The van der Waals surface area contributed by atoms with Crippen LogP contribution in [0.4, 0.5) is 18.9 Å². The van der Waals surface area contributed by atoms with Gasteiger partial charge in [0.1, 0.15) is 5.75 Å². The van der Waals surface area contributed by atoms with E-state index in [1.165, 1.54) is 6.07 Å². The van der Waals surface area contributed by atoms with Gasteiger partial charge in [0, 0.05) is 5.69 Å². The number of nitrogens with zero attached hydrogens (tertiary/aromatic N) is 3. The molecule has 0 radical (unpaired) electrons. The Balaban J connectivity index is 1.61. The summed E-state index contributed by atoms with van der Waals surface area (Å²) in [6.07, 6.45) is -4.62. The minimum atomic E-state index is -4.62. The molecule has 32 heavy (non-hydrogen) atoms. The molecule has 3 rings (SSSR count). The monoisotopic (exact) mass is 468 g/mol. The predicted octanol–water partition coefficient (Wildman–Crippen LogP) is 4.88. The lowest BCUT2D eigenvalue weighted by Gasteiger charge is -2.15. The normalized spacial score (nSPS) is 11.6. The zero-order valence-corrected chi connectivity index (χ0v) is 18.0. The van der Waals surface area contributed by atoms with E-state index in [-0.39, 0.29) is 24.7 Å². The van der Waals surface area contributed by atoms with Crippen LogP contribution in [-0.4, -0.2) is 41.1 Å². The fraction of sp³-hybridized carbons (Fsp3) is 0.286. The molecule has 0 saturated heterocycles. The highest BCUT2D eigenvalue weighted by atomic mass is 35.5. The van der Waals surface area contributed by atoms with Crippen molar-refractivity contribution >= 4 is 23.2 Å². The van der Waals surface area contributed by atoms with Crippen molar-refractivity contribution in [3.8, 4) is 17.1 Å². The summed E-state index contributed by atoms with van der Waals surface area (Å²) in [5.74, 6) is 0.732. The van der Waals surface area contributed by atoms with Gasteiger partial charge in [0.2, 0.25) is 17.6 Å². The first-order valence-electron chi connectivity index (χ1n) is 9.57. The Morgan fingerprint density at radius 3 is 2.72 bits per heavy atom. The number of hydrogen-bond donors (Lipinski definition) is 1. The van der Waals surface area contributed by atoms with Crippen molar-refractivity contribution in [2.45, 2.75) is 19.6 Å². The molecule has 0 aliphatic rings. The molecule has 7 nitrogen and oxygen atoms in total. The average molecular weight is 469 g/mol. The first kappa shape index (κ1) is 23.6. The van der Waals surface area contributed by atoms with Gasteiger partial charge in [0.05, 0.1) is 35.8 Å². The Labute approximate surface area is 187 Å². The first-order chi connectivity index (χ1) is 15.2. The SMILES string of the molecule is CCOc1ccccc1-c1noc(CN(C)CC(=O)Nc2ccc(Cl)c(C(F)(F)F)c2)n1. The van der Waals surface area contributed by atoms with Crippen LogP contribution in [0.3, 0.4) is 0 Å². The molecule has 1 heterocycles. The summed E-state index contributed by atoms with van der Waals surface area (Å²) in [5.41, 5.74) is -0.350. The second-order valence-corrected chi connectivity index (χ2v) is 7.26. The summed E-state index contributed by atoms with van der Waals surface area (Å²) in [5, 5.41) is 5.95. The lowest BCUT2D eigenvalue weighted by Crippen LogP contribution is -2.30. The van der Waals surface area contributed by atoms with Crippen LogP contribution in [0.5, 0.6) is 5.75 Å². The number of amides is 1. The third-order valence-corrected chi connectivity index (χ3v) is 4.60. The van der Waals surface area contributed by atoms with E-state index in [1.54, 1.807) is 24.1 Å². The molecule has 11 heteroatoms. The minimum absolute atomic E-state index is 0.00673. The first-order valence-corrected chi connectivity index (χ1v) is 9.95. The molecule has 170 valence electrons. The van der Waals surface area contributed by atoms with Gasteiger partial charge in [-0.3, -0.25) is 9.69 Å². The van der Waals surface area contributed by atoms with Crippen molar-refractivity contribution in [1.82, 2.24) is 15.0 Å². The molecular weight excluding hydrogens is 449 g/mol. The van der Waals surface area contributed by atoms with E-state index in [1.807, 2.05) is 19.1 Å². The van der Waals surface area contributed by atoms with Gasteiger partial charge in [-0.1, -0.05) is 28.9 Å². The molecule has 1 amide bonds. The molecular formula is C21H20ClF3N4O3. The van der Waals surface area contributed by atoms with Crippen LogP contribution in [0, 0.1) is 0 Å². The van der Waals surface area contributed by atoms with Gasteiger partial charge in [-0.2, -0.15) is 18.2 Å². The fourth-order valence-corrected chi connectivity index (χ4v) is 3.14. The number of hydrogen-bond acceptors (Lipinski definition) is 6. The van der Waals surface area contributed by atoms with Gasteiger partial charge < -0.3 is 14.6 Å². The Morgan fingerprint density at radius 2 is 2.00 bits per heavy atom. The molecule has 0 bridgehead atoms. The Kier molecular flexibility index (Phi) is 7.37. The topological polar surface area (TPSA) is 80.5 Å². The standard InChI is InChI=1S/C21H20ClF3N4O3/c1-3-31-17-7-5-4-6-14(17)20-27-19(32-28-20)12-29(2)11-18(30)26-13-8-9-16(22)15(10-13)21(23,24)25/h4-10H,3,11-12H2,1-2H3,(H,26,30). The second-order valence-electron chi connectivity index (χ2n) is 6.85. The molecule has 0 aliphatic heterocycles. The molecule has 0 fully saturated rings. The number of likely N-dealkylation sites (N-methyl/N-ethyl adjacent to an activating group) is 1. The summed E-state index contributed by atoms with van der Waals surface area (Å²) < 4.78 is 49.7. The number of nitrogens with one attached hydrogen (secondary N) is 1. The van der Waals surface area contributed by atoms with Gasteiger partial charge in [0.15, 0.2) is 0 Å². The van der Waals surface area contributed by atoms with Gasteiger partial charge in [0.25, 0.3) is 0 Å². The number of alkyl halides is 3. The molecule has 2 aromatic carbocycles. The Hall–Kier alpha value is -3.11. The summed E-state index contributed by atoms with van der Waals surface area (Å²) >= 11 is 5.59. The number of benzene rings is 2. The van der Waals surface area contributed by atoms with Crippen LogP contribution in [0.2, 0.25) is 5.02 Å². The van der Waals surface area contributed by atoms with E-state index in [4.69, 9.17) is 20.9 Å². The van der Waals surface area contributed by atoms with Gasteiger partial charge >= 0.3 is 6.18 Å². The molecule has 0 saturated carbocycles. The highest BCUT2D eigenvalue weighted by molar-refractivity contribution is 6.31. The number of ether oxygens (including phenoxy) is 1. The third kappa shape index (κ3) is 5.98. The maximum Gasteiger partial charge on any atom is 0.417 e. The zero-order valence-electron chi connectivity index (χ0n) is 17.2. The number of rotatable bonds is 8. The molecule has 0 spiro atoms. The van der Waals surface area contributed by atoms with Crippen LogP contribution in [0.25, 0.3) is 11.4 Å². The van der Waals surface area contributed by atoms with Crippen molar-refractivity contribution in [3.05, 3.63) is 58.9 Å². The quantitative estimate of drug-likeness (QED) is 0.507. The highest BCUT2D eigenvalue weighted by Crippen LogP contribution is 2.36. The molecule has 1 N–H and O–H groups in total. The van der Waals surface area contributed by atoms with E-state index in [2.05, 4.69) is 15.5 Å². The van der Waals surface area contributed by atoms with Crippen molar-refractivity contribution < 1.29 is 27.2 Å². The van der Waals surface area contributed by atoms with Crippen LogP contribution in [0.15, 0.2) is 47.0 Å². The largest absolute Gasteiger partial charge is 0.493 e. The smallest absolute Gasteiger partial charge is 0.417 e. The van der Waals surface area contributed by atoms with Gasteiger partial charge in [-0.05, 0) is 44.3 Å². The predicted molar refractivity (Wildman–Crippen MR) is 112 cm³/mol. The van der Waals surface area contributed by atoms with Crippen LogP contribution in [-0.2, 0) is 17.5 Å².